The molecule has 0 aliphatic rings. The van der Waals surface area contributed by atoms with E-state index in [0.717, 1.165) is 18.2 Å². The van der Waals surface area contributed by atoms with E-state index >= 15 is 0 Å². The highest BCUT2D eigenvalue weighted by Crippen LogP contribution is 2.23. The number of halogens is 2. The third-order valence-corrected chi connectivity index (χ3v) is 6.91. The molecule has 186 valence electrons. The van der Waals surface area contributed by atoms with Crippen LogP contribution in [0.2, 0.25) is 10.0 Å². The molecule has 0 fully saturated rings. The fourth-order valence-corrected chi connectivity index (χ4v) is 4.67. The SMILES string of the molecule is CCCNC(=O)C(C)N(Cc1ccc(Cl)cc1)C(=O)CCCN(c1cccc(Cl)c1)S(C)(=O)=O. The zero-order chi connectivity index (χ0) is 25.3. The second kappa shape index (κ2) is 13.0. The normalized spacial score (nSPS) is 12.1. The first-order chi connectivity index (χ1) is 16.0. The first-order valence-corrected chi connectivity index (χ1v) is 13.7. The Morgan fingerprint density at radius 2 is 1.74 bits per heavy atom. The maximum absolute atomic E-state index is 13.2. The lowest BCUT2D eigenvalue weighted by atomic mass is 10.1. The van der Waals surface area contributed by atoms with E-state index in [0.29, 0.717) is 22.3 Å². The molecule has 0 bridgehead atoms. The van der Waals surface area contributed by atoms with Crippen LogP contribution in [0.5, 0.6) is 0 Å². The van der Waals surface area contributed by atoms with Crippen molar-refractivity contribution in [1.29, 1.82) is 0 Å². The van der Waals surface area contributed by atoms with E-state index in [1.165, 1.54) is 9.21 Å². The summed E-state index contributed by atoms with van der Waals surface area (Å²) in [6.45, 7) is 4.51. The molecule has 0 saturated heterocycles. The van der Waals surface area contributed by atoms with Gasteiger partial charge in [-0.3, -0.25) is 13.9 Å². The number of amides is 2. The standard InChI is InChI=1S/C24H31Cl2N3O4S/c1-4-14-27-24(31)18(2)28(17-19-10-12-20(25)13-11-19)23(30)9-6-15-29(34(3,32)33)22-8-5-7-21(26)16-22/h5,7-8,10-13,16,18H,4,6,9,14-15,17H2,1-3H3,(H,27,31). The summed E-state index contributed by atoms with van der Waals surface area (Å²) in [4.78, 5) is 27.3. The smallest absolute Gasteiger partial charge is 0.242 e. The van der Waals surface area contributed by atoms with Crippen LogP contribution in [0.25, 0.3) is 0 Å². The first-order valence-electron chi connectivity index (χ1n) is 11.1. The molecule has 7 nitrogen and oxygen atoms in total. The summed E-state index contributed by atoms with van der Waals surface area (Å²) >= 11 is 12.0. The minimum absolute atomic E-state index is 0.0750. The number of benzene rings is 2. The molecule has 10 heteroatoms. The molecule has 2 amide bonds. The molecule has 1 atom stereocenters. The molecule has 34 heavy (non-hydrogen) atoms. The molecule has 0 saturated carbocycles. The Morgan fingerprint density at radius 1 is 1.06 bits per heavy atom. The van der Waals surface area contributed by atoms with Gasteiger partial charge in [0.25, 0.3) is 0 Å². The highest BCUT2D eigenvalue weighted by atomic mass is 35.5. The van der Waals surface area contributed by atoms with Gasteiger partial charge < -0.3 is 10.2 Å². The summed E-state index contributed by atoms with van der Waals surface area (Å²) in [5.41, 5.74) is 1.28. The van der Waals surface area contributed by atoms with Crippen LogP contribution in [0.15, 0.2) is 48.5 Å². The summed E-state index contributed by atoms with van der Waals surface area (Å²) in [7, 11) is -3.57. The molecular weight excluding hydrogens is 497 g/mol. The number of hydrogen-bond donors (Lipinski definition) is 1. The lowest BCUT2D eigenvalue weighted by Gasteiger charge is -2.29. The van der Waals surface area contributed by atoms with Gasteiger partial charge in [-0.25, -0.2) is 8.42 Å². The molecular formula is C24H31Cl2N3O4S. The predicted octanol–water partition coefficient (Wildman–Crippen LogP) is 4.48. The lowest BCUT2D eigenvalue weighted by Crippen LogP contribution is -2.47. The average Bonchev–Trinajstić information content (AvgIpc) is 2.78. The topological polar surface area (TPSA) is 86.8 Å². The molecule has 0 aromatic heterocycles. The second-order valence-electron chi connectivity index (χ2n) is 8.03. The van der Waals surface area contributed by atoms with Crippen LogP contribution >= 0.6 is 23.2 Å². The Labute approximate surface area is 212 Å². The van der Waals surface area contributed by atoms with Crippen LogP contribution < -0.4 is 9.62 Å². The number of carbonyl (C=O) groups is 2. The van der Waals surface area contributed by atoms with E-state index in [-0.39, 0.29) is 37.7 Å². The van der Waals surface area contributed by atoms with Gasteiger partial charge in [-0.15, -0.1) is 0 Å². The highest BCUT2D eigenvalue weighted by Gasteiger charge is 2.26. The van der Waals surface area contributed by atoms with Gasteiger partial charge in [0.1, 0.15) is 6.04 Å². The zero-order valence-electron chi connectivity index (χ0n) is 19.6. The van der Waals surface area contributed by atoms with Gasteiger partial charge >= 0.3 is 0 Å². The third kappa shape index (κ3) is 8.49. The Balaban J connectivity index is 2.14. The summed E-state index contributed by atoms with van der Waals surface area (Å²) < 4.78 is 25.9. The molecule has 0 radical (unpaired) electrons. The number of anilines is 1. The van der Waals surface area contributed by atoms with Gasteiger partial charge in [-0.05, 0) is 55.7 Å². The van der Waals surface area contributed by atoms with Crippen LogP contribution in [0.1, 0.15) is 38.7 Å². The second-order valence-corrected chi connectivity index (χ2v) is 10.8. The van der Waals surface area contributed by atoms with Crippen molar-refractivity contribution in [3.63, 3.8) is 0 Å². The highest BCUT2D eigenvalue weighted by molar-refractivity contribution is 7.92. The van der Waals surface area contributed by atoms with Crippen LogP contribution in [-0.2, 0) is 26.2 Å². The van der Waals surface area contributed by atoms with Gasteiger partial charge in [0.05, 0.1) is 11.9 Å². The van der Waals surface area contributed by atoms with Crippen molar-refractivity contribution in [3.05, 3.63) is 64.1 Å². The number of rotatable bonds is 12. The van der Waals surface area contributed by atoms with Gasteiger partial charge in [0.2, 0.25) is 21.8 Å². The number of nitrogens with zero attached hydrogens (tertiary/aromatic N) is 2. The van der Waals surface area contributed by atoms with Crippen molar-refractivity contribution in [2.75, 3.05) is 23.7 Å². The van der Waals surface area contributed by atoms with Crippen molar-refractivity contribution in [2.45, 2.75) is 45.7 Å². The minimum Gasteiger partial charge on any atom is -0.354 e. The largest absolute Gasteiger partial charge is 0.354 e. The predicted molar refractivity (Wildman–Crippen MR) is 138 cm³/mol. The number of hydrogen-bond acceptors (Lipinski definition) is 4. The van der Waals surface area contributed by atoms with E-state index in [2.05, 4.69) is 5.32 Å². The van der Waals surface area contributed by atoms with E-state index in [9.17, 15) is 18.0 Å². The van der Waals surface area contributed by atoms with Gasteiger partial charge in [-0.1, -0.05) is 48.3 Å². The third-order valence-electron chi connectivity index (χ3n) is 5.23. The monoisotopic (exact) mass is 527 g/mol. The molecule has 0 aliphatic carbocycles. The maximum Gasteiger partial charge on any atom is 0.242 e. The molecule has 1 N–H and O–H groups in total. The summed E-state index contributed by atoms with van der Waals surface area (Å²) in [5, 5.41) is 3.83. The average molecular weight is 529 g/mol. The molecule has 0 spiro atoms. The van der Waals surface area contributed by atoms with Crippen LogP contribution in [-0.4, -0.2) is 50.5 Å². The first kappa shape index (κ1) is 28.0. The van der Waals surface area contributed by atoms with Crippen molar-refractivity contribution in [1.82, 2.24) is 10.2 Å². The van der Waals surface area contributed by atoms with Crippen LogP contribution in [0.3, 0.4) is 0 Å². The number of carbonyl (C=O) groups excluding carboxylic acids is 2. The molecule has 2 aromatic rings. The van der Waals surface area contributed by atoms with E-state index < -0.39 is 16.1 Å². The number of nitrogens with one attached hydrogen (secondary N) is 1. The quantitative estimate of drug-likeness (QED) is 0.440. The Morgan fingerprint density at radius 3 is 2.32 bits per heavy atom. The van der Waals surface area contributed by atoms with Crippen molar-refractivity contribution in [3.8, 4) is 0 Å². The van der Waals surface area contributed by atoms with E-state index in [4.69, 9.17) is 23.2 Å². The summed E-state index contributed by atoms with van der Waals surface area (Å²) in [6, 6.07) is 13.0. The lowest BCUT2D eigenvalue weighted by molar-refractivity contribution is -0.140. The molecule has 0 heterocycles. The summed E-state index contributed by atoms with van der Waals surface area (Å²) in [6.07, 6.45) is 2.25. The van der Waals surface area contributed by atoms with Gasteiger partial charge in [0.15, 0.2) is 0 Å². The van der Waals surface area contributed by atoms with Crippen LogP contribution in [0.4, 0.5) is 5.69 Å². The minimum atomic E-state index is -3.57. The molecule has 2 rings (SSSR count). The van der Waals surface area contributed by atoms with Gasteiger partial charge in [0, 0.05) is 36.1 Å². The van der Waals surface area contributed by atoms with E-state index in [1.54, 1.807) is 43.3 Å². The van der Waals surface area contributed by atoms with E-state index in [1.807, 2.05) is 19.1 Å². The van der Waals surface area contributed by atoms with Gasteiger partial charge in [-0.2, -0.15) is 0 Å². The van der Waals surface area contributed by atoms with Crippen molar-refractivity contribution in [2.24, 2.45) is 0 Å². The molecule has 2 aromatic carbocycles. The fourth-order valence-electron chi connectivity index (χ4n) is 3.40. The fraction of sp³-hybridized carbons (Fsp3) is 0.417. The molecule has 1 unspecified atom stereocenters. The van der Waals surface area contributed by atoms with Crippen molar-refractivity contribution < 1.29 is 18.0 Å². The Hall–Kier alpha value is -2.29. The van der Waals surface area contributed by atoms with Crippen LogP contribution in [0, 0.1) is 0 Å². The Bertz CT molecular complexity index is 1080. The Kier molecular flexibility index (Phi) is 10.7. The van der Waals surface area contributed by atoms with Crippen molar-refractivity contribution >= 4 is 50.7 Å². The maximum atomic E-state index is 13.2. The number of sulfonamides is 1. The summed E-state index contributed by atoms with van der Waals surface area (Å²) in [5.74, 6) is -0.477. The zero-order valence-corrected chi connectivity index (χ0v) is 22.0. The molecule has 0 aliphatic heterocycles.